The zero-order chi connectivity index (χ0) is 12.3. The van der Waals surface area contributed by atoms with Crippen LogP contribution >= 0.6 is 11.8 Å². The smallest absolute Gasteiger partial charge is 0.0758 e. The molecular formula is C14H21NOS. The molecule has 0 amide bonds. The van der Waals surface area contributed by atoms with Crippen LogP contribution in [0.25, 0.3) is 0 Å². The van der Waals surface area contributed by atoms with Gasteiger partial charge >= 0.3 is 0 Å². The van der Waals surface area contributed by atoms with Crippen LogP contribution < -0.4 is 5.32 Å². The van der Waals surface area contributed by atoms with Gasteiger partial charge in [-0.25, -0.2) is 0 Å². The van der Waals surface area contributed by atoms with Crippen molar-refractivity contribution in [3.05, 3.63) is 29.3 Å². The first kappa shape index (κ1) is 12.9. The van der Waals surface area contributed by atoms with Crippen LogP contribution in [0.15, 0.2) is 23.1 Å². The molecule has 0 spiro atoms. The van der Waals surface area contributed by atoms with E-state index >= 15 is 0 Å². The number of rotatable bonds is 6. The first-order valence-corrected chi connectivity index (χ1v) is 7.25. The third-order valence-electron chi connectivity index (χ3n) is 2.98. The molecule has 1 atom stereocenters. The molecule has 2 nitrogen and oxygen atoms in total. The highest BCUT2D eigenvalue weighted by atomic mass is 32.2. The van der Waals surface area contributed by atoms with Crippen molar-refractivity contribution in [2.45, 2.75) is 43.7 Å². The Hall–Kier alpha value is -0.510. The largest absolute Gasteiger partial charge is 0.391 e. The van der Waals surface area contributed by atoms with E-state index in [1.807, 2.05) is 0 Å². The molecular weight excluding hydrogens is 230 g/mol. The van der Waals surface area contributed by atoms with E-state index in [1.165, 1.54) is 28.9 Å². The molecule has 0 radical (unpaired) electrons. The fourth-order valence-corrected chi connectivity index (χ4v) is 2.74. The minimum atomic E-state index is -0.249. The van der Waals surface area contributed by atoms with Gasteiger partial charge in [-0.2, -0.15) is 0 Å². The van der Waals surface area contributed by atoms with Gasteiger partial charge in [0.25, 0.3) is 0 Å². The van der Waals surface area contributed by atoms with E-state index in [1.54, 1.807) is 11.8 Å². The van der Waals surface area contributed by atoms with Crippen molar-refractivity contribution in [2.75, 3.05) is 12.3 Å². The predicted octanol–water partition coefficient (Wildman–Crippen LogP) is 2.51. The molecule has 1 fully saturated rings. The van der Waals surface area contributed by atoms with Gasteiger partial charge in [-0.3, -0.25) is 0 Å². The summed E-state index contributed by atoms with van der Waals surface area (Å²) < 4.78 is 0. The first-order valence-electron chi connectivity index (χ1n) is 6.26. The van der Waals surface area contributed by atoms with Crippen LogP contribution in [0, 0.1) is 13.8 Å². The van der Waals surface area contributed by atoms with Crippen molar-refractivity contribution in [3.8, 4) is 0 Å². The fourth-order valence-electron chi connectivity index (χ4n) is 1.80. The van der Waals surface area contributed by atoms with E-state index in [2.05, 4.69) is 37.4 Å². The number of thioether (sulfide) groups is 1. The maximum Gasteiger partial charge on any atom is 0.0758 e. The van der Waals surface area contributed by atoms with Crippen LogP contribution in [-0.4, -0.2) is 29.5 Å². The molecule has 0 aliphatic heterocycles. The summed E-state index contributed by atoms with van der Waals surface area (Å²) in [4.78, 5) is 1.28. The SMILES string of the molecule is Cc1ccc(SCC(O)CNC2CC2)c(C)c1. The molecule has 2 N–H and O–H groups in total. The lowest BCUT2D eigenvalue weighted by Gasteiger charge is -2.12. The second-order valence-corrected chi connectivity index (χ2v) is 5.98. The van der Waals surface area contributed by atoms with E-state index in [-0.39, 0.29) is 6.10 Å². The number of nitrogens with one attached hydrogen (secondary N) is 1. The molecule has 1 aromatic carbocycles. The van der Waals surface area contributed by atoms with Gasteiger partial charge in [0.05, 0.1) is 6.10 Å². The number of aliphatic hydroxyl groups excluding tert-OH is 1. The van der Waals surface area contributed by atoms with Crippen molar-refractivity contribution in [3.63, 3.8) is 0 Å². The first-order chi connectivity index (χ1) is 8.15. The van der Waals surface area contributed by atoms with Crippen LogP contribution in [0.4, 0.5) is 0 Å². The second-order valence-electron chi connectivity index (χ2n) is 4.92. The molecule has 1 saturated carbocycles. The average molecular weight is 251 g/mol. The zero-order valence-corrected chi connectivity index (χ0v) is 11.4. The molecule has 0 bridgehead atoms. The van der Waals surface area contributed by atoms with Crippen molar-refractivity contribution >= 4 is 11.8 Å². The standard InChI is InChI=1S/C14H21NOS/c1-10-3-6-14(11(2)7-10)17-9-13(16)8-15-12-4-5-12/h3,6-7,12-13,15-16H,4-5,8-9H2,1-2H3. The Labute approximate surface area is 108 Å². The lowest BCUT2D eigenvalue weighted by molar-refractivity contribution is 0.195. The third kappa shape index (κ3) is 4.34. The Kier molecular flexibility index (Phi) is 4.48. The number of aryl methyl sites for hydroxylation is 2. The Balaban J connectivity index is 1.75. The van der Waals surface area contributed by atoms with E-state index in [9.17, 15) is 5.11 Å². The molecule has 3 heteroatoms. The number of hydrogen-bond acceptors (Lipinski definition) is 3. The summed E-state index contributed by atoms with van der Waals surface area (Å²) in [5.74, 6) is 0.767. The van der Waals surface area contributed by atoms with Crippen LogP contribution in [0.3, 0.4) is 0 Å². The summed E-state index contributed by atoms with van der Waals surface area (Å²) >= 11 is 1.75. The molecule has 2 rings (SSSR count). The van der Waals surface area contributed by atoms with Crippen LogP contribution in [0.5, 0.6) is 0 Å². The number of hydrogen-bond donors (Lipinski definition) is 2. The van der Waals surface area contributed by atoms with Gasteiger partial charge in [0.1, 0.15) is 0 Å². The zero-order valence-electron chi connectivity index (χ0n) is 10.6. The summed E-state index contributed by atoms with van der Waals surface area (Å²) in [5.41, 5.74) is 2.60. The summed E-state index contributed by atoms with van der Waals surface area (Å²) in [6, 6.07) is 7.15. The Morgan fingerprint density at radius 2 is 2.18 bits per heavy atom. The van der Waals surface area contributed by atoms with Gasteiger partial charge in [-0.15, -0.1) is 11.8 Å². The lowest BCUT2D eigenvalue weighted by Crippen LogP contribution is -2.29. The van der Waals surface area contributed by atoms with Gasteiger partial charge < -0.3 is 10.4 Å². The fraction of sp³-hybridized carbons (Fsp3) is 0.571. The second kappa shape index (κ2) is 5.89. The molecule has 1 unspecified atom stereocenters. The van der Waals surface area contributed by atoms with E-state index in [0.717, 1.165) is 12.3 Å². The number of aliphatic hydroxyl groups is 1. The topological polar surface area (TPSA) is 32.3 Å². The molecule has 0 saturated heterocycles. The highest BCUT2D eigenvalue weighted by molar-refractivity contribution is 7.99. The van der Waals surface area contributed by atoms with E-state index < -0.39 is 0 Å². The maximum atomic E-state index is 9.85. The highest BCUT2D eigenvalue weighted by Crippen LogP contribution is 2.24. The maximum absolute atomic E-state index is 9.85. The van der Waals surface area contributed by atoms with Gasteiger partial charge in [-0.05, 0) is 38.3 Å². The van der Waals surface area contributed by atoms with Gasteiger partial charge in [0.15, 0.2) is 0 Å². The minimum Gasteiger partial charge on any atom is -0.391 e. The molecule has 1 aromatic rings. The van der Waals surface area contributed by atoms with E-state index in [0.29, 0.717) is 6.04 Å². The number of benzene rings is 1. The van der Waals surface area contributed by atoms with Gasteiger partial charge in [-0.1, -0.05) is 17.7 Å². The predicted molar refractivity (Wildman–Crippen MR) is 73.7 cm³/mol. The average Bonchev–Trinajstić information content (AvgIpc) is 3.09. The lowest BCUT2D eigenvalue weighted by atomic mass is 10.2. The third-order valence-corrected chi connectivity index (χ3v) is 4.30. The highest BCUT2D eigenvalue weighted by Gasteiger charge is 2.21. The van der Waals surface area contributed by atoms with Crippen molar-refractivity contribution in [1.82, 2.24) is 5.32 Å². The van der Waals surface area contributed by atoms with Gasteiger partial charge in [0, 0.05) is 23.2 Å². The summed E-state index contributed by atoms with van der Waals surface area (Å²) in [6.45, 7) is 4.96. The Morgan fingerprint density at radius 1 is 1.41 bits per heavy atom. The van der Waals surface area contributed by atoms with Crippen LogP contribution in [0.2, 0.25) is 0 Å². The molecule has 1 aliphatic rings. The van der Waals surface area contributed by atoms with Crippen molar-refractivity contribution < 1.29 is 5.11 Å². The summed E-state index contributed by atoms with van der Waals surface area (Å²) in [5, 5.41) is 13.2. The Morgan fingerprint density at radius 3 is 2.82 bits per heavy atom. The van der Waals surface area contributed by atoms with Crippen LogP contribution in [0.1, 0.15) is 24.0 Å². The van der Waals surface area contributed by atoms with Gasteiger partial charge in [0.2, 0.25) is 0 Å². The molecule has 0 aromatic heterocycles. The monoisotopic (exact) mass is 251 g/mol. The quantitative estimate of drug-likeness (QED) is 0.762. The van der Waals surface area contributed by atoms with Crippen molar-refractivity contribution in [1.29, 1.82) is 0 Å². The summed E-state index contributed by atoms with van der Waals surface area (Å²) in [7, 11) is 0. The van der Waals surface area contributed by atoms with Crippen LogP contribution in [-0.2, 0) is 0 Å². The van der Waals surface area contributed by atoms with Crippen molar-refractivity contribution in [2.24, 2.45) is 0 Å². The summed E-state index contributed by atoms with van der Waals surface area (Å²) in [6.07, 6.45) is 2.30. The Bertz CT molecular complexity index is 376. The van der Waals surface area contributed by atoms with E-state index in [4.69, 9.17) is 0 Å². The normalized spacial score (nSPS) is 17.1. The molecule has 0 heterocycles. The molecule has 94 valence electrons. The molecule has 17 heavy (non-hydrogen) atoms. The minimum absolute atomic E-state index is 0.249. The molecule has 1 aliphatic carbocycles.